The highest BCUT2D eigenvalue weighted by molar-refractivity contribution is 7.92. The number of aliphatic hydroxyl groups is 1. The summed E-state index contributed by atoms with van der Waals surface area (Å²) in [5, 5.41) is 9.95. The topological polar surface area (TPSA) is 66.8 Å². The molecule has 0 aromatic heterocycles. The quantitative estimate of drug-likeness (QED) is 0.898. The van der Waals surface area contributed by atoms with Crippen LogP contribution in [0.5, 0.6) is 0 Å². The predicted molar refractivity (Wildman–Crippen MR) is 78.2 cm³/mol. The van der Waals surface area contributed by atoms with Crippen molar-refractivity contribution >= 4 is 15.7 Å². The van der Waals surface area contributed by atoms with Gasteiger partial charge in [-0.25, -0.2) is 8.42 Å². The van der Waals surface area contributed by atoms with Crippen LogP contribution in [0.1, 0.15) is 31.9 Å². The molecule has 6 heteroatoms. The number of benzene rings is 1. The number of hydrogen-bond donors (Lipinski definition) is 1. The van der Waals surface area contributed by atoms with Gasteiger partial charge in [0.15, 0.2) is 0 Å². The molecule has 0 saturated heterocycles. The molecule has 1 aliphatic heterocycles. The van der Waals surface area contributed by atoms with E-state index < -0.39 is 16.1 Å². The summed E-state index contributed by atoms with van der Waals surface area (Å²) in [4.78, 5) is 0. The zero-order valence-corrected chi connectivity index (χ0v) is 12.6. The monoisotopic (exact) mass is 299 g/mol. The number of fused-ring (bicyclic) bond motifs is 1. The van der Waals surface area contributed by atoms with Gasteiger partial charge >= 0.3 is 0 Å². The van der Waals surface area contributed by atoms with Gasteiger partial charge in [0.1, 0.15) is 0 Å². The van der Waals surface area contributed by atoms with Gasteiger partial charge in [0.25, 0.3) is 0 Å². The summed E-state index contributed by atoms with van der Waals surface area (Å²) in [6.07, 6.45) is -0.161. The molecule has 1 aromatic rings. The number of rotatable bonds is 5. The van der Waals surface area contributed by atoms with Crippen molar-refractivity contribution in [1.82, 2.24) is 0 Å². The molecule has 1 aromatic carbocycles. The average Bonchev–Trinajstić information content (AvgIpc) is 2.38. The van der Waals surface area contributed by atoms with Gasteiger partial charge in [-0.15, -0.1) is 0 Å². The summed E-state index contributed by atoms with van der Waals surface area (Å²) in [5.41, 5.74) is 1.25. The molecule has 20 heavy (non-hydrogen) atoms. The summed E-state index contributed by atoms with van der Waals surface area (Å²) in [6, 6.07) is 7.09. The van der Waals surface area contributed by atoms with E-state index in [4.69, 9.17) is 4.74 Å². The van der Waals surface area contributed by atoms with Gasteiger partial charge in [-0.2, -0.15) is 0 Å². The van der Waals surface area contributed by atoms with Gasteiger partial charge in [0, 0.05) is 12.1 Å². The molecule has 0 bridgehead atoms. The number of para-hydroxylation sites is 1. The van der Waals surface area contributed by atoms with E-state index in [1.54, 1.807) is 24.3 Å². The molecular weight excluding hydrogens is 278 g/mol. The maximum Gasteiger partial charge on any atom is 0.237 e. The molecule has 1 atom stereocenters. The van der Waals surface area contributed by atoms with Crippen molar-refractivity contribution < 1.29 is 18.3 Å². The number of ether oxygens (including phenoxy) is 1. The van der Waals surface area contributed by atoms with Gasteiger partial charge in [-0.05, 0) is 26.3 Å². The first-order valence-corrected chi connectivity index (χ1v) is 8.42. The van der Waals surface area contributed by atoms with Gasteiger partial charge in [0.05, 0.1) is 30.3 Å². The van der Waals surface area contributed by atoms with Crippen LogP contribution in [0, 0.1) is 0 Å². The first kappa shape index (κ1) is 15.3. The van der Waals surface area contributed by atoms with E-state index in [1.165, 1.54) is 4.31 Å². The maximum atomic E-state index is 12.4. The summed E-state index contributed by atoms with van der Waals surface area (Å²) in [7, 11) is -3.42. The molecule has 0 fully saturated rings. The van der Waals surface area contributed by atoms with Crippen molar-refractivity contribution in [2.24, 2.45) is 0 Å². The Bertz CT molecular complexity index is 556. The smallest absolute Gasteiger partial charge is 0.237 e. The Morgan fingerprint density at radius 1 is 1.40 bits per heavy atom. The van der Waals surface area contributed by atoms with Crippen LogP contribution in [0.3, 0.4) is 0 Å². The number of sulfonamides is 1. The Labute approximate surface area is 120 Å². The molecule has 1 aliphatic rings. The highest BCUT2D eigenvalue weighted by atomic mass is 32.2. The molecule has 1 heterocycles. The minimum atomic E-state index is -3.42. The molecule has 0 radical (unpaired) electrons. The van der Waals surface area contributed by atoms with Crippen molar-refractivity contribution in [3.05, 3.63) is 29.8 Å². The van der Waals surface area contributed by atoms with Gasteiger partial charge in [-0.3, -0.25) is 4.31 Å². The molecule has 5 nitrogen and oxygen atoms in total. The highest BCUT2D eigenvalue weighted by Gasteiger charge is 2.30. The van der Waals surface area contributed by atoms with Crippen LogP contribution in [0.15, 0.2) is 24.3 Å². The van der Waals surface area contributed by atoms with Crippen molar-refractivity contribution in [2.75, 3.05) is 23.2 Å². The molecule has 0 spiro atoms. The number of aliphatic hydroxyl groups excluding tert-OH is 1. The van der Waals surface area contributed by atoms with E-state index in [2.05, 4.69) is 0 Å². The number of hydrogen-bond acceptors (Lipinski definition) is 4. The van der Waals surface area contributed by atoms with E-state index >= 15 is 0 Å². The van der Waals surface area contributed by atoms with Gasteiger partial charge in [0.2, 0.25) is 10.0 Å². The minimum Gasteiger partial charge on any atom is -0.388 e. The Kier molecular flexibility index (Phi) is 4.67. The third-order valence-corrected chi connectivity index (χ3v) is 5.03. The fourth-order valence-corrected chi connectivity index (χ4v) is 3.68. The van der Waals surface area contributed by atoms with Crippen LogP contribution in [-0.4, -0.2) is 38.5 Å². The standard InChI is InChI=1S/C14H21NO4S/c1-11(2)19-9-10-20(17,18)15-8-7-14(16)12-5-3-4-6-13(12)15/h3-6,11,14,16H,7-10H2,1-2H3. The minimum absolute atomic E-state index is 0.0145. The first-order valence-electron chi connectivity index (χ1n) is 6.81. The molecule has 0 aliphatic carbocycles. The van der Waals surface area contributed by atoms with E-state index in [-0.39, 0.29) is 18.5 Å². The van der Waals surface area contributed by atoms with Crippen molar-refractivity contribution in [2.45, 2.75) is 32.5 Å². The van der Waals surface area contributed by atoms with Crippen LogP contribution >= 0.6 is 0 Å². The lowest BCUT2D eigenvalue weighted by atomic mass is 10.0. The van der Waals surface area contributed by atoms with Crippen molar-refractivity contribution in [1.29, 1.82) is 0 Å². The second-order valence-corrected chi connectivity index (χ2v) is 7.18. The molecule has 1 N–H and O–H groups in total. The summed E-state index contributed by atoms with van der Waals surface area (Å²) < 4.78 is 31.5. The number of nitrogens with zero attached hydrogens (tertiary/aromatic N) is 1. The van der Waals surface area contributed by atoms with E-state index in [0.29, 0.717) is 24.2 Å². The molecule has 1 unspecified atom stereocenters. The Morgan fingerprint density at radius 2 is 2.10 bits per heavy atom. The molecule has 2 rings (SSSR count). The van der Waals surface area contributed by atoms with E-state index in [1.807, 2.05) is 13.8 Å². The lowest BCUT2D eigenvalue weighted by molar-refractivity contribution is 0.0912. The summed E-state index contributed by atoms with van der Waals surface area (Å²) >= 11 is 0. The Morgan fingerprint density at radius 3 is 2.80 bits per heavy atom. The van der Waals surface area contributed by atoms with E-state index in [0.717, 1.165) is 0 Å². The van der Waals surface area contributed by atoms with Gasteiger partial charge < -0.3 is 9.84 Å². The molecule has 0 saturated carbocycles. The molecule has 112 valence electrons. The average molecular weight is 299 g/mol. The SMILES string of the molecule is CC(C)OCCS(=O)(=O)N1CCC(O)c2ccccc21. The summed E-state index contributed by atoms with van der Waals surface area (Å²) in [6.45, 7) is 4.24. The lowest BCUT2D eigenvalue weighted by Gasteiger charge is -2.32. The zero-order valence-electron chi connectivity index (χ0n) is 11.8. The predicted octanol–water partition coefficient (Wildman–Crippen LogP) is 1.68. The lowest BCUT2D eigenvalue weighted by Crippen LogP contribution is -2.39. The second kappa shape index (κ2) is 6.11. The van der Waals surface area contributed by atoms with Crippen LogP contribution in [0.2, 0.25) is 0 Å². The van der Waals surface area contributed by atoms with Gasteiger partial charge in [-0.1, -0.05) is 18.2 Å². The highest BCUT2D eigenvalue weighted by Crippen LogP contribution is 2.35. The molecule has 0 amide bonds. The second-order valence-electron chi connectivity index (χ2n) is 5.17. The zero-order chi connectivity index (χ0) is 14.8. The third-order valence-electron chi connectivity index (χ3n) is 3.30. The maximum absolute atomic E-state index is 12.4. The molecular formula is C14H21NO4S. The van der Waals surface area contributed by atoms with Crippen LogP contribution in [-0.2, 0) is 14.8 Å². The third kappa shape index (κ3) is 3.31. The fourth-order valence-electron chi connectivity index (χ4n) is 2.30. The van der Waals surface area contributed by atoms with Crippen molar-refractivity contribution in [3.63, 3.8) is 0 Å². The van der Waals surface area contributed by atoms with E-state index in [9.17, 15) is 13.5 Å². The van der Waals surface area contributed by atoms with Crippen LogP contribution in [0.25, 0.3) is 0 Å². The van der Waals surface area contributed by atoms with Crippen LogP contribution in [0.4, 0.5) is 5.69 Å². The largest absolute Gasteiger partial charge is 0.388 e. The Hall–Kier alpha value is -1.11. The number of anilines is 1. The van der Waals surface area contributed by atoms with Crippen molar-refractivity contribution in [3.8, 4) is 0 Å². The van der Waals surface area contributed by atoms with Crippen LogP contribution < -0.4 is 4.31 Å². The first-order chi connectivity index (χ1) is 9.42. The Balaban J connectivity index is 2.19. The fraction of sp³-hybridized carbons (Fsp3) is 0.571. The summed E-state index contributed by atoms with van der Waals surface area (Å²) in [5.74, 6) is -0.0460. The normalized spacial score (nSPS) is 19.2.